The van der Waals surface area contributed by atoms with Gasteiger partial charge in [-0.2, -0.15) is 5.23 Å². The highest BCUT2D eigenvalue weighted by molar-refractivity contribution is 5.97. The van der Waals surface area contributed by atoms with Gasteiger partial charge in [0, 0.05) is 29.7 Å². The van der Waals surface area contributed by atoms with E-state index in [-0.39, 0.29) is 74.3 Å². The molecule has 0 spiro atoms. The topological polar surface area (TPSA) is 120 Å². The Morgan fingerprint density at radius 2 is 1.63 bits per heavy atom. The van der Waals surface area contributed by atoms with Crippen LogP contribution < -0.4 is 10.5 Å². The molecule has 6 rings (SSSR count). The largest absolute Gasteiger partial charge is 0.595 e. The fourth-order valence-corrected chi connectivity index (χ4v) is 11.8. The molecular weight excluding hydrogens is 580 g/mol. The number of fused-ring (bicyclic) bond motifs is 7. The monoisotopic (exact) mass is 634 g/mol. The van der Waals surface area contributed by atoms with E-state index in [0.717, 1.165) is 51.4 Å². The van der Waals surface area contributed by atoms with Gasteiger partial charge in [0.1, 0.15) is 11.8 Å². The predicted octanol–water partition coefficient (Wildman–Crippen LogP) is 6.94. The van der Waals surface area contributed by atoms with Crippen LogP contribution in [-0.2, 0) is 19.1 Å². The predicted molar refractivity (Wildman–Crippen MR) is 176 cm³/mol. The molecule has 0 aliphatic heterocycles. The Morgan fingerprint density at radius 3 is 2.30 bits per heavy atom. The number of quaternary nitrogens is 1. The molecule has 4 fully saturated rings. The maximum absolute atomic E-state index is 14.7. The van der Waals surface area contributed by atoms with Crippen LogP contribution in [0.1, 0.15) is 113 Å². The van der Waals surface area contributed by atoms with Crippen LogP contribution in [0.25, 0.3) is 0 Å². The lowest BCUT2D eigenvalue weighted by atomic mass is 9.33. The summed E-state index contributed by atoms with van der Waals surface area (Å²) in [4.78, 5) is 40.7. The van der Waals surface area contributed by atoms with Crippen molar-refractivity contribution in [3.05, 3.63) is 41.1 Å². The average molecular weight is 635 g/mol. The van der Waals surface area contributed by atoms with Gasteiger partial charge in [0.05, 0.1) is 0 Å². The molecule has 5 aliphatic carbocycles. The van der Waals surface area contributed by atoms with E-state index in [1.54, 1.807) is 18.2 Å². The second-order valence-corrected chi connectivity index (χ2v) is 17.5. The molecule has 0 bridgehead atoms. The molecule has 1 amide bonds. The van der Waals surface area contributed by atoms with Crippen molar-refractivity contribution >= 4 is 29.0 Å². The molecule has 0 aromatic heterocycles. The number of esters is 1. The van der Waals surface area contributed by atoms with E-state index >= 15 is 0 Å². The Hall–Kier alpha value is -2.55. The zero-order valence-corrected chi connectivity index (χ0v) is 29.0. The first-order chi connectivity index (χ1) is 21.3. The van der Waals surface area contributed by atoms with Gasteiger partial charge in [-0.05, 0) is 103 Å². The Balaban J connectivity index is 1.34. The molecule has 5 aliphatic rings. The number of ether oxygens (including phenoxy) is 1. The van der Waals surface area contributed by atoms with Gasteiger partial charge in [0.15, 0.2) is 11.5 Å². The van der Waals surface area contributed by atoms with Gasteiger partial charge in [0.2, 0.25) is 5.91 Å². The van der Waals surface area contributed by atoms with Crippen molar-refractivity contribution in [1.82, 2.24) is 0 Å². The molecule has 0 heterocycles. The van der Waals surface area contributed by atoms with Gasteiger partial charge in [-0.15, -0.1) is 0 Å². The third-order valence-corrected chi connectivity index (χ3v) is 14.8. The quantitative estimate of drug-likeness (QED) is 0.244. The maximum Gasteiger partial charge on any atom is 0.302 e. The number of anilines is 1. The van der Waals surface area contributed by atoms with E-state index in [9.17, 15) is 24.8 Å². The first-order valence-corrected chi connectivity index (χ1v) is 17.4. The standard InChI is InChI=1S/C38H54N2O6/c1-23(41)46-30-14-15-36(6)29(33(30,2)3)13-16-38(8)31(36)28(42)21-24-25-22-35(5,18-17-34(25,4)19-20-37(24,38)7)32(43)39-26-11-9-10-12-27(26)40(44)45/h9-12,21,25,29-31,40,44H,13-20,22H2,1-8H3,(H,39,43)/t25-,29-,30+,31-,34-,35+,36-,37+,38-/m1/s1. The fraction of sp³-hybridized carbons (Fsp3) is 0.711. The summed E-state index contributed by atoms with van der Waals surface area (Å²) in [6.45, 7) is 17.5. The summed E-state index contributed by atoms with van der Waals surface area (Å²) in [5.74, 6) is 0.0973. The second-order valence-electron chi connectivity index (χ2n) is 17.5. The number of ketones is 1. The van der Waals surface area contributed by atoms with Gasteiger partial charge >= 0.3 is 5.97 Å². The van der Waals surface area contributed by atoms with Gasteiger partial charge in [-0.25, -0.2) is 5.21 Å². The molecule has 3 N–H and O–H groups in total. The molecule has 0 saturated heterocycles. The molecule has 0 radical (unpaired) electrons. The summed E-state index contributed by atoms with van der Waals surface area (Å²) >= 11 is 0. The van der Waals surface area contributed by atoms with Gasteiger partial charge < -0.3 is 15.3 Å². The molecule has 1 aromatic carbocycles. The second kappa shape index (κ2) is 10.7. The van der Waals surface area contributed by atoms with E-state index < -0.39 is 10.6 Å². The molecule has 252 valence electrons. The number of nitrogens with one attached hydrogen (secondary N) is 2. The first-order valence-electron chi connectivity index (χ1n) is 17.4. The van der Waals surface area contributed by atoms with Crippen LogP contribution >= 0.6 is 0 Å². The summed E-state index contributed by atoms with van der Waals surface area (Å²) in [6, 6.07) is 6.57. The maximum atomic E-state index is 14.7. The molecule has 4 saturated carbocycles. The molecule has 8 nitrogen and oxygen atoms in total. The van der Waals surface area contributed by atoms with Crippen molar-refractivity contribution in [2.75, 3.05) is 5.32 Å². The highest BCUT2D eigenvalue weighted by Crippen LogP contribution is 2.75. The van der Waals surface area contributed by atoms with Gasteiger partial charge in [-0.1, -0.05) is 66.2 Å². The molecule has 1 unspecified atom stereocenters. The summed E-state index contributed by atoms with van der Waals surface area (Å²) in [7, 11) is 0. The minimum Gasteiger partial charge on any atom is -0.595 e. The molecule has 1 aromatic rings. The van der Waals surface area contributed by atoms with Crippen molar-refractivity contribution in [3.8, 4) is 0 Å². The lowest BCUT2D eigenvalue weighted by Crippen LogP contribution is -2.99. The molecule has 46 heavy (non-hydrogen) atoms. The van der Waals surface area contributed by atoms with Crippen LogP contribution in [0.3, 0.4) is 0 Å². The zero-order chi connectivity index (χ0) is 33.7. The lowest BCUT2D eigenvalue weighted by molar-refractivity contribution is -0.990. The highest BCUT2D eigenvalue weighted by Gasteiger charge is 2.70. The average Bonchev–Trinajstić information content (AvgIpc) is 2.96. The number of carbonyl (C=O) groups excluding carboxylic acids is 3. The van der Waals surface area contributed by atoms with Crippen LogP contribution in [0.4, 0.5) is 11.4 Å². The SMILES string of the molecule is CC(=O)O[C@H]1CC[C@]2(C)[C@H](CC[C@]3(C)[C@@H]2C(=O)C=C2[C@H]4C[C@@](C)(C(=O)Nc5ccccc5[NH+]([O-])O)CC[C@]4(C)CC[C@@]23C)C1(C)C. The van der Waals surface area contributed by atoms with Crippen molar-refractivity contribution in [3.63, 3.8) is 0 Å². The van der Waals surface area contributed by atoms with Crippen LogP contribution in [0.5, 0.6) is 0 Å². The summed E-state index contributed by atoms with van der Waals surface area (Å²) < 4.78 is 5.86. The van der Waals surface area contributed by atoms with Crippen LogP contribution in [0.15, 0.2) is 35.9 Å². The Labute approximate surface area is 274 Å². The van der Waals surface area contributed by atoms with E-state index in [1.807, 2.05) is 13.0 Å². The first kappa shape index (κ1) is 33.4. The van der Waals surface area contributed by atoms with Gasteiger partial charge in [0.25, 0.3) is 0 Å². The summed E-state index contributed by atoms with van der Waals surface area (Å²) in [5.41, 5.74) is 0.123. The van der Waals surface area contributed by atoms with Crippen molar-refractivity contribution in [2.45, 2.75) is 119 Å². The lowest BCUT2D eigenvalue weighted by Gasteiger charge is -2.70. The number of amides is 1. The number of rotatable bonds is 4. The smallest absolute Gasteiger partial charge is 0.302 e. The number of para-hydroxylation sites is 2. The molecule has 8 heteroatoms. The van der Waals surface area contributed by atoms with Crippen LogP contribution in [-0.4, -0.2) is 29.0 Å². The minimum atomic E-state index is -1.07. The Kier molecular flexibility index (Phi) is 7.78. The number of hydrogen-bond acceptors (Lipinski definition) is 6. The van der Waals surface area contributed by atoms with E-state index in [0.29, 0.717) is 12.1 Å². The fourth-order valence-electron chi connectivity index (χ4n) is 11.8. The molecule has 10 atom stereocenters. The molecular formula is C38H54N2O6. The highest BCUT2D eigenvalue weighted by atomic mass is 16.8. The van der Waals surface area contributed by atoms with Crippen molar-refractivity contribution in [1.29, 1.82) is 0 Å². The minimum absolute atomic E-state index is 0.00122. The van der Waals surface area contributed by atoms with Crippen LogP contribution in [0, 0.1) is 55.5 Å². The third kappa shape index (κ3) is 4.67. The van der Waals surface area contributed by atoms with Gasteiger partial charge in [-0.3, -0.25) is 14.4 Å². The van der Waals surface area contributed by atoms with Crippen molar-refractivity contribution < 1.29 is 29.6 Å². The normalized spacial score (nSPS) is 43.5. The zero-order valence-electron chi connectivity index (χ0n) is 29.0. The Bertz CT molecular complexity index is 1480. The van der Waals surface area contributed by atoms with E-state index in [4.69, 9.17) is 4.74 Å². The number of carbonyl (C=O) groups is 3. The summed E-state index contributed by atoms with van der Waals surface area (Å²) in [5, 5.41) is 23.5. The summed E-state index contributed by atoms with van der Waals surface area (Å²) in [6.07, 6.45) is 9.78. The van der Waals surface area contributed by atoms with E-state index in [1.165, 1.54) is 18.6 Å². The van der Waals surface area contributed by atoms with Crippen molar-refractivity contribution in [2.24, 2.45) is 50.2 Å². The Morgan fingerprint density at radius 1 is 0.957 bits per heavy atom. The third-order valence-electron chi connectivity index (χ3n) is 14.8. The van der Waals surface area contributed by atoms with Crippen LogP contribution in [0.2, 0.25) is 0 Å². The number of allylic oxidation sites excluding steroid dienone is 2. The number of hydrogen-bond donors (Lipinski definition) is 3. The number of benzene rings is 1. The van der Waals surface area contributed by atoms with E-state index in [2.05, 4.69) is 46.9 Å².